The molecule has 1 unspecified atom stereocenters. The topological polar surface area (TPSA) is 95.6 Å². The number of carbonyl (C=O) groups excluding carboxylic acids is 2. The molecule has 1 fully saturated rings. The van der Waals surface area contributed by atoms with Gasteiger partial charge in [-0.15, -0.1) is 0 Å². The van der Waals surface area contributed by atoms with Gasteiger partial charge in [-0.05, 0) is 73.6 Å². The van der Waals surface area contributed by atoms with Gasteiger partial charge in [0.1, 0.15) is 6.04 Å². The molecule has 0 saturated carbocycles. The molecule has 0 aromatic heterocycles. The molecule has 10 heteroatoms. The lowest BCUT2D eigenvalue weighted by Crippen LogP contribution is -2.40. The number of benzene rings is 2. The van der Waals surface area contributed by atoms with Crippen LogP contribution < -0.4 is 10.6 Å². The highest BCUT2D eigenvalue weighted by atomic mass is 32.2. The van der Waals surface area contributed by atoms with Crippen LogP contribution in [0.4, 0.5) is 8.78 Å². The summed E-state index contributed by atoms with van der Waals surface area (Å²) in [5, 5.41) is 4.89. The second-order valence-electron chi connectivity index (χ2n) is 8.70. The zero-order valence-electron chi connectivity index (χ0n) is 19.6. The van der Waals surface area contributed by atoms with Gasteiger partial charge in [0, 0.05) is 25.7 Å². The third kappa shape index (κ3) is 5.28. The number of likely N-dealkylation sites (N-methyl/N-ethyl adjacent to an activating group) is 1. The number of aryl methyl sites for hydroxylation is 1. The minimum absolute atomic E-state index is 0.0384. The first-order valence-electron chi connectivity index (χ1n) is 11.0. The van der Waals surface area contributed by atoms with Crippen molar-refractivity contribution >= 4 is 21.8 Å². The number of hydrogen-bond acceptors (Lipinski definition) is 4. The summed E-state index contributed by atoms with van der Waals surface area (Å²) in [6.45, 7) is 6.29. The Bertz CT molecular complexity index is 1210. The smallest absolute Gasteiger partial charge is 0.252 e. The molecule has 3 rings (SSSR count). The lowest BCUT2D eigenvalue weighted by molar-refractivity contribution is -0.122. The number of nitrogens with zero attached hydrogens (tertiary/aromatic N) is 1. The average molecular weight is 494 g/mol. The number of rotatable bonds is 6. The maximum Gasteiger partial charge on any atom is 0.252 e. The highest BCUT2D eigenvalue weighted by molar-refractivity contribution is 7.89. The summed E-state index contributed by atoms with van der Waals surface area (Å²) in [5.74, 6) is -3.15. The molecule has 1 saturated heterocycles. The van der Waals surface area contributed by atoms with Gasteiger partial charge in [-0.25, -0.2) is 17.2 Å². The average Bonchev–Trinajstić information content (AvgIpc) is 2.80. The third-order valence-electron chi connectivity index (χ3n) is 6.30. The number of halogens is 2. The van der Waals surface area contributed by atoms with E-state index in [4.69, 9.17) is 0 Å². The van der Waals surface area contributed by atoms with Gasteiger partial charge in [-0.2, -0.15) is 4.31 Å². The second-order valence-corrected chi connectivity index (χ2v) is 10.6. The number of amides is 2. The van der Waals surface area contributed by atoms with E-state index in [2.05, 4.69) is 17.6 Å². The Labute approximate surface area is 198 Å². The number of carbonyl (C=O) groups is 2. The molecule has 34 heavy (non-hydrogen) atoms. The number of sulfonamides is 1. The molecule has 1 aliphatic rings. The molecule has 1 aliphatic heterocycles. The summed E-state index contributed by atoms with van der Waals surface area (Å²) in [6, 6.07) is 4.44. The molecule has 2 N–H and O–H groups in total. The summed E-state index contributed by atoms with van der Waals surface area (Å²) in [5.41, 5.74) is 1.23. The molecule has 1 heterocycles. The van der Waals surface area contributed by atoms with E-state index in [-0.39, 0.29) is 16.0 Å². The normalized spacial score (nSPS) is 16.2. The van der Waals surface area contributed by atoms with Gasteiger partial charge in [0.15, 0.2) is 11.6 Å². The molecule has 2 aromatic carbocycles. The van der Waals surface area contributed by atoms with Crippen molar-refractivity contribution in [2.24, 2.45) is 5.92 Å². The van der Waals surface area contributed by atoms with Crippen molar-refractivity contribution in [3.63, 3.8) is 0 Å². The van der Waals surface area contributed by atoms with E-state index in [0.717, 1.165) is 25.0 Å². The minimum Gasteiger partial charge on any atom is -0.357 e. The van der Waals surface area contributed by atoms with Gasteiger partial charge >= 0.3 is 0 Å². The first kappa shape index (κ1) is 25.8. The number of piperidine rings is 1. The van der Waals surface area contributed by atoms with E-state index in [1.807, 2.05) is 0 Å². The Kier molecular flexibility index (Phi) is 7.72. The van der Waals surface area contributed by atoms with Gasteiger partial charge in [-0.3, -0.25) is 9.59 Å². The van der Waals surface area contributed by atoms with E-state index in [1.54, 1.807) is 13.8 Å². The largest absolute Gasteiger partial charge is 0.357 e. The van der Waals surface area contributed by atoms with E-state index >= 15 is 0 Å². The van der Waals surface area contributed by atoms with Gasteiger partial charge in [0.05, 0.1) is 4.90 Å². The fourth-order valence-corrected chi connectivity index (χ4v) is 5.73. The fourth-order valence-electron chi connectivity index (χ4n) is 3.94. The third-order valence-corrected chi connectivity index (χ3v) is 8.33. The maximum atomic E-state index is 13.8. The van der Waals surface area contributed by atoms with E-state index in [1.165, 1.54) is 29.6 Å². The molecule has 184 valence electrons. The summed E-state index contributed by atoms with van der Waals surface area (Å²) < 4.78 is 55.3. The van der Waals surface area contributed by atoms with Crippen LogP contribution in [0.1, 0.15) is 52.9 Å². The summed E-state index contributed by atoms with van der Waals surface area (Å²) in [4.78, 5) is 25.5. The molecular weight excluding hydrogens is 464 g/mol. The summed E-state index contributed by atoms with van der Waals surface area (Å²) in [6.07, 6.45) is 1.53. The van der Waals surface area contributed by atoms with Crippen molar-refractivity contribution in [3.8, 4) is 0 Å². The number of nitrogens with one attached hydrogen (secondary N) is 2. The molecular formula is C24H29F2N3O4S. The Morgan fingerprint density at radius 1 is 1.06 bits per heavy atom. The minimum atomic E-state index is -3.82. The van der Waals surface area contributed by atoms with Crippen molar-refractivity contribution in [3.05, 3.63) is 64.2 Å². The molecule has 7 nitrogen and oxygen atoms in total. The van der Waals surface area contributed by atoms with Crippen LogP contribution in [0, 0.1) is 31.4 Å². The Balaban J connectivity index is 1.95. The molecule has 0 radical (unpaired) electrons. The van der Waals surface area contributed by atoms with Gasteiger partial charge < -0.3 is 10.6 Å². The van der Waals surface area contributed by atoms with Crippen LogP contribution in [-0.4, -0.2) is 44.7 Å². The lowest BCUT2D eigenvalue weighted by atomic mass is 10.0. The monoisotopic (exact) mass is 493 g/mol. The van der Waals surface area contributed by atoms with Crippen LogP contribution in [0.25, 0.3) is 0 Å². The van der Waals surface area contributed by atoms with Gasteiger partial charge in [0.25, 0.3) is 5.91 Å². The molecule has 1 atom stereocenters. The highest BCUT2D eigenvalue weighted by Crippen LogP contribution is 2.28. The Morgan fingerprint density at radius 3 is 2.29 bits per heavy atom. The van der Waals surface area contributed by atoms with Crippen molar-refractivity contribution in [2.75, 3.05) is 20.1 Å². The second kappa shape index (κ2) is 10.2. The van der Waals surface area contributed by atoms with Crippen LogP contribution >= 0.6 is 0 Å². The van der Waals surface area contributed by atoms with Crippen LogP contribution in [0.5, 0.6) is 0 Å². The van der Waals surface area contributed by atoms with Gasteiger partial charge in [-0.1, -0.05) is 13.0 Å². The standard InChI is InChI=1S/C24H29F2N3O4S/c1-14-7-9-29(10-8-14)34(32,33)21-13-18(11-15(2)16(21)3)23(30)28-22(24(31)27-4)17-5-6-19(25)20(26)12-17/h5-6,11-14,22H,7-10H2,1-4H3,(H,27,31)(H,28,30). The van der Waals surface area contributed by atoms with E-state index in [0.29, 0.717) is 30.1 Å². The first-order valence-corrected chi connectivity index (χ1v) is 12.5. The van der Waals surface area contributed by atoms with Crippen LogP contribution in [0.15, 0.2) is 35.2 Å². The van der Waals surface area contributed by atoms with Gasteiger partial charge in [0.2, 0.25) is 15.9 Å². The lowest BCUT2D eigenvalue weighted by Gasteiger charge is -2.30. The van der Waals surface area contributed by atoms with E-state index < -0.39 is 39.5 Å². The Morgan fingerprint density at radius 2 is 1.71 bits per heavy atom. The van der Waals surface area contributed by atoms with E-state index in [9.17, 15) is 26.8 Å². The first-order chi connectivity index (χ1) is 15.9. The number of hydrogen-bond donors (Lipinski definition) is 2. The fraction of sp³-hybridized carbons (Fsp3) is 0.417. The molecule has 0 spiro atoms. The van der Waals surface area contributed by atoms with Crippen LogP contribution in [-0.2, 0) is 14.8 Å². The van der Waals surface area contributed by atoms with Crippen molar-refractivity contribution in [1.29, 1.82) is 0 Å². The Hall–Kier alpha value is -2.85. The SMILES string of the molecule is CNC(=O)C(NC(=O)c1cc(C)c(C)c(S(=O)(=O)N2CCC(C)CC2)c1)c1ccc(F)c(F)c1. The molecule has 2 amide bonds. The summed E-state index contributed by atoms with van der Waals surface area (Å²) in [7, 11) is -2.48. The van der Waals surface area contributed by atoms with Crippen molar-refractivity contribution in [1.82, 2.24) is 14.9 Å². The van der Waals surface area contributed by atoms with Crippen LogP contribution in [0.2, 0.25) is 0 Å². The molecule has 0 bridgehead atoms. The predicted octanol–water partition coefficient (Wildman–Crippen LogP) is 3.22. The molecule has 0 aliphatic carbocycles. The predicted molar refractivity (Wildman–Crippen MR) is 124 cm³/mol. The summed E-state index contributed by atoms with van der Waals surface area (Å²) >= 11 is 0. The maximum absolute atomic E-state index is 13.8. The van der Waals surface area contributed by atoms with Crippen LogP contribution in [0.3, 0.4) is 0 Å². The molecule has 2 aromatic rings. The zero-order chi connectivity index (χ0) is 25.2. The van der Waals surface area contributed by atoms with Crippen molar-refractivity contribution < 1.29 is 26.8 Å². The quantitative estimate of drug-likeness (QED) is 0.646. The highest BCUT2D eigenvalue weighted by Gasteiger charge is 2.31. The zero-order valence-corrected chi connectivity index (χ0v) is 20.4. The van der Waals surface area contributed by atoms with Crippen molar-refractivity contribution in [2.45, 2.75) is 44.6 Å².